The van der Waals surface area contributed by atoms with Gasteiger partial charge in [-0.25, -0.2) is 0 Å². The smallest absolute Gasteiger partial charge is 0.0469 e. The zero-order valence-electron chi connectivity index (χ0n) is 11.9. The highest BCUT2D eigenvalue weighted by atomic mass is 16.5. The number of nitrogens with two attached hydrogens (primary N) is 1. The van der Waals surface area contributed by atoms with Crippen LogP contribution in [-0.4, -0.2) is 43.8 Å². The highest BCUT2D eigenvalue weighted by molar-refractivity contribution is 4.85. The predicted molar refractivity (Wildman–Crippen MR) is 75.6 cm³/mol. The quantitative estimate of drug-likeness (QED) is 0.818. The van der Waals surface area contributed by atoms with Crippen LogP contribution in [-0.2, 0) is 4.74 Å². The van der Waals surface area contributed by atoms with Crippen molar-refractivity contribution in [2.75, 3.05) is 32.8 Å². The van der Waals surface area contributed by atoms with Gasteiger partial charge >= 0.3 is 0 Å². The number of rotatable bonds is 5. The first kappa shape index (κ1) is 14.3. The van der Waals surface area contributed by atoms with Gasteiger partial charge in [-0.2, -0.15) is 0 Å². The summed E-state index contributed by atoms with van der Waals surface area (Å²) in [5.41, 5.74) is 5.97. The Balaban J connectivity index is 1.89. The van der Waals surface area contributed by atoms with Crippen LogP contribution in [0.25, 0.3) is 0 Å². The van der Waals surface area contributed by atoms with Gasteiger partial charge in [0.1, 0.15) is 0 Å². The highest BCUT2D eigenvalue weighted by Gasteiger charge is 2.30. The largest absolute Gasteiger partial charge is 0.381 e. The summed E-state index contributed by atoms with van der Waals surface area (Å²) in [6.45, 7) is 7.55. The molecule has 2 rings (SSSR count). The van der Waals surface area contributed by atoms with Crippen LogP contribution in [0.2, 0.25) is 0 Å². The van der Waals surface area contributed by atoms with Crippen LogP contribution < -0.4 is 5.73 Å². The Labute approximate surface area is 112 Å². The van der Waals surface area contributed by atoms with Crippen LogP contribution >= 0.6 is 0 Å². The molecule has 2 aliphatic rings. The van der Waals surface area contributed by atoms with Crippen LogP contribution in [0.4, 0.5) is 0 Å². The second-order valence-corrected chi connectivity index (χ2v) is 5.99. The first-order chi connectivity index (χ1) is 8.85. The van der Waals surface area contributed by atoms with Crippen molar-refractivity contribution >= 4 is 0 Å². The van der Waals surface area contributed by atoms with Crippen molar-refractivity contribution in [3.63, 3.8) is 0 Å². The van der Waals surface area contributed by atoms with E-state index in [9.17, 15) is 0 Å². The molecular weight excluding hydrogens is 224 g/mol. The van der Waals surface area contributed by atoms with Crippen molar-refractivity contribution in [2.24, 2.45) is 17.6 Å². The zero-order chi connectivity index (χ0) is 12.8. The minimum Gasteiger partial charge on any atom is -0.381 e. The molecule has 1 heterocycles. The average molecular weight is 254 g/mol. The summed E-state index contributed by atoms with van der Waals surface area (Å²) in [5.74, 6) is 1.58. The van der Waals surface area contributed by atoms with Gasteiger partial charge in [-0.1, -0.05) is 19.8 Å². The Hall–Kier alpha value is -0.120. The maximum absolute atomic E-state index is 5.97. The van der Waals surface area contributed by atoms with Gasteiger partial charge in [0.25, 0.3) is 0 Å². The van der Waals surface area contributed by atoms with Gasteiger partial charge in [-0.05, 0) is 50.6 Å². The standard InChI is InChI=1S/C15H30N2O/c1-2-17(12-13-7-9-18-10-8-13)15-6-4-3-5-14(15)11-16/h13-15H,2-12,16H2,1H3. The maximum Gasteiger partial charge on any atom is 0.0469 e. The zero-order valence-corrected chi connectivity index (χ0v) is 11.9. The van der Waals surface area contributed by atoms with Gasteiger partial charge in [-0.3, -0.25) is 0 Å². The Morgan fingerprint density at radius 2 is 1.83 bits per heavy atom. The molecular formula is C15H30N2O. The van der Waals surface area contributed by atoms with E-state index >= 15 is 0 Å². The molecule has 2 fully saturated rings. The van der Waals surface area contributed by atoms with E-state index in [4.69, 9.17) is 10.5 Å². The van der Waals surface area contributed by atoms with E-state index in [2.05, 4.69) is 11.8 Å². The molecule has 2 N–H and O–H groups in total. The number of nitrogens with zero attached hydrogens (tertiary/aromatic N) is 1. The molecule has 3 nitrogen and oxygen atoms in total. The summed E-state index contributed by atoms with van der Waals surface area (Å²) >= 11 is 0. The first-order valence-electron chi connectivity index (χ1n) is 7.87. The molecule has 1 saturated heterocycles. The van der Waals surface area contributed by atoms with E-state index in [0.717, 1.165) is 37.6 Å². The summed E-state index contributed by atoms with van der Waals surface area (Å²) in [4.78, 5) is 2.71. The van der Waals surface area contributed by atoms with Gasteiger partial charge < -0.3 is 15.4 Å². The van der Waals surface area contributed by atoms with Crippen molar-refractivity contribution in [3.05, 3.63) is 0 Å². The van der Waals surface area contributed by atoms with Gasteiger partial charge in [0.2, 0.25) is 0 Å². The van der Waals surface area contributed by atoms with E-state index < -0.39 is 0 Å². The third-order valence-corrected chi connectivity index (χ3v) is 4.88. The third kappa shape index (κ3) is 3.69. The number of hydrogen-bond acceptors (Lipinski definition) is 3. The molecule has 2 atom stereocenters. The van der Waals surface area contributed by atoms with Crippen LogP contribution in [0.3, 0.4) is 0 Å². The van der Waals surface area contributed by atoms with Crippen molar-refractivity contribution < 1.29 is 4.74 Å². The van der Waals surface area contributed by atoms with E-state index in [1.165, 1.54) is 51.6 Å². The Kier molecular flexibility index (Phi) is 5.93. The lowest BCUT2D eigenvalue weighted by Gasteiger charge is -2.41. The van der Waals surface area contributed by atoms with E-state index in [1.807, 2.05) is 0 Å². The molecule has 0 spiro atoms. The molecule has 2 unspecified atom stereocenters. The van der Waals surface area contributed by atoms with Crippen LogP contribution in [0.15, 0.2) is 0 Å². The molecule has 0 bridgehead atoms. The van der Waals surface area contributed by atoms with Crippen molar-refractivity contribution in [2.45, 2.75) is 51.5 Å². The molecule has 0 radical (unpaired) electrons. The fourth-order valence-corrected chi connectivity index (χ4v) is 3.70. The fourth-order valence-electron chi connectivity index (χ4n) is 3.70. The van der Waals surface area contributed by atoms with E-state index in [-0.39, 0.29) is 0 Å². The molecule has 0 aromatic carbocycles. The van der Waals surface area contributed by atoms with E-state index in [1.54, 1.807) is 0 Å². The normalized spacial score (nSPS) is 30.8. The lowest BCUT2D eigenvalue weighted by Crippen LogP contribution is -2.47. The highest BCUT2D eigenvalue weighted by Crippen LogP contribution is 2.29. The van der Waals surface area contributed by atoms with Crippen molar-refractivity contribution in [3.8, 4) is 0 Å². The Morgan fingerprint density at radius 3 is 2.50 bits per heavy atom. The Bertz CT molecular complexity index is 229. The van der Waals surface area contributed by atoms with Crippen LogP contribution in [0, 0.1) is 11.8 Å². The molecule has 106 valence electrons. The van der Waals surface area contributed by atoms with Crippen molar-refractivity contribution in [1.29, 1.82) is 0 Å². The molecule has 1 aliphatic heterocycles. The molecule has 0 aromatic heterocycles. The topological polar surface area (TPSA) is 38.5 Å². The van der Waals surface area contributed by atoms with Crippen molar-refractivity contribution in [1.82, 2.24) is 4.90 Å². The maximum atomic E-state index is 5.97. The summed E-state index contributed by atoms with van der Waals surface area (Å²) in [5, 5.41) is 0. The minimum absolute atomic E-state index is 0.735. The second kappa shape index (κ2) is 7.46. The lowest BCUT2D eigenvalue weighted by molar-refractivity contribution is 0.0332. The number of ether oxygens (including phenoxy) is 1. The lowest BCUT2D eigenvalue weighted by atomic mass is 9.83. The van der Waals surface area contributed by atoms with Crippen LogP contribution in [0.1, 0.15) is 45.4 Å². The fraction of sp³-hybridized carbons (Fsp3) is 1.00. The summed E-state index contributed by atoms with van der Waals surface area (Å²) in [6.07, 6.45) is 7.97. The summed E-state index contributed by atoms with van der Waals surface area (Å²) in [6, 6.07) is 0.747. The molecule has 1 aliphatic carbocycles. The van der Waals surface area contributed by atoms with Crippen LogP contribution in [0.5, 0.6) is 0 Å². The minimum atomic E-state index is 0.735. The Morgan fingerprint density at radius 1 is 1.11 bits per heavy atom. The SMILES string of the molecule is CCN(CC1CCOCC1)C1CCCCC1CN. The average Bonchev–Trinajstić information content (AvgIpc) is 2.46. The summed E-state index contributed by atoms with van der Waals surface area (Å²) in [7, 11) is 0. The molecule has 1 saturated carbocycles. The molecule has 3 heteroatoms. The van der Waals surface area contributed by atoms with Gasteiger partial charge in [-0.15, -0.1) is 0 Å². The third-order valence-electron chi connectivity index (χ3n) is 4.88. The molecule has 0 aromatic rings. The van der Waals surface area contributed by atoms with Gasteiger partial charge in [0.15, 0.2) is 0 Å². The van der Waals surface area contributed by atoms with Gasteiger partial charge in [0, 0.05) is 25.8 Å². The molecule has 0 amide bonds. The molecule has 18 heavy (non-hydrogen) atoms. The number of hydrogen-bond donors (Lipinski definition) is 1. The summed E-state index contributed by atoms with van der Waals surface area (Å²) < 4.78 is 5.46. The first-order valence-corrected chi connectivity index (χ1v) is 7.87. The van der Waals surface area contributed by atoms with E-state index in [0.29, 0.717) is 0 Å². The second-order valence-electron chi connectivity index (χ2n) is 5.99. The predicted octanol–water partition coefficient (Wildman–Crippen LogP) is 2.25. The monoisotopic (exact) mass is 254 g/mol. The van der Waals surface area contributed by atoms with Gasteiger partial charge in [0.05, 0.1) is 0 Å².